The molecule has 1 heterocycles. The average molecular weight is 308 g/mol. The summed E-state index contributed by atoms with van der Waals surface area (Å²) in [5.41, 5.74) is 8.69. The van der Waals surface area contributed by atoms with E-state index in [0.29, 0.717) is 12.5 Å². The number of oxazole rings is 1. The quantitative estimate of drug-likeness (QED) is 0.765. The van der Waals surface area contributed by atoms with Crippen molar-refractivity contribution in [1.82, 2.24) is 4.98 Å². The molecule has 118 valence electrons. The maximum Gasteiger partial charge on any atom is 0.226 e. The van der Waals surface area contributed by atoms with Gasteiger partial charge in [0.05, 0.1) is 0 Å². The average Bonchev–Trinajstić information content (AvgIpc) is 2.95. The van der Waals surface area contributed by atoms with Crippen LogP contribution in [0.3, 0.4) is 0 Å². The predicted octanol–water partition coefficient (Wildman–Crippen LogP) is 4.25. The fraction of sp³-hybridized carbons (Fsp3) is 0.211. The second kappa shape index (κ2) is 6.67. The van der Waals surface area contributed by atoms with Crippen molar-refractivity contribution >= 4 is 0 Å². The zero-order valence-corrected chi connectivity index (χ0v) is 13.3. The lowest BCUT2D eigenvalue weighted by Gasteiger charge is -2.08. The molecule has 0 unspecified atom stereocenters. The Labute approximate surface area is 135 Å². The predicted molar refractivity (Wildman–Crippen MR) is 90.1 cm³/mol. The van der Waals surface area contributed by atoms with Crippen molar-refractivity contribution in [3.8, 4) is 17.2 Å². The molecule has 0 aliphatic rings. The van der Waals surface area contributed by atoms with Crippen LogP contribution in [0.25, 0.3) is 11.5 Å². The minimum atomic E-state index is 0.0234. The van der Waals surface area contributed by atoms with Crippen molar-refractivity contribution < 1.29 is 9.15 Å². The van der Waals surface area contributed by atoms with E-state index in [9.17, 15) is 0 Å². The lowest BCUT2D eigenvalue weighted by atomic mass is 10.1. The van der Waals surface area contributed by atoms with Gasteiger partial charge in [0.15, 0.2) is 0 Å². The van der Waals surface area contributed by atoms with Crippen LogP contribution in [0.4, 0.5) is 0 Å². The third kappa shape index (κ3) is 3.60. The fourth-order valence-electron chi connectivity index (χ4n) is 2.29. The van der Waals surface area contributed by atoms with Crippen LogP contribution in [0.15, 0.2) is 59.0 Å². The molecule has 0 aliphatic carbocycles. The summed E-state index contributed by atoms with van der Waals surface area (Å²) in [6.07, 6.45) is 0. The Morgan fingerprint density at radius 2 is 1.78 bits per heavy atom. The molecule has 0 saturated carbocycles. The first kappa shape index (κ1) is 15.3. The van der Waals surface area contributed by atoms with Gasteiger partial charge >= 0.3 is 0 Å². The Kier molecular flexibility index (Phi) is 4.44. The molecule has 0 saturated heterocycles. The molecular weight excluding hydrogens is 288 g/mol. The summed E-state index contributed by atoms with van der Waals surface area (Å²) >= 11 is 0. The van der Waals surface area contributed by atoms with Gasteiger partial charge in [-0.1, -0.05) is 30.3 Å². The summed E-state index contributed by atoms with van der Waals surface area (Å²) in [6, 6.07) is 17.7. The molecule has 0 bridgehead atoms. The Hall–Kier alpha value is -2.59. The molecule has 3 aromatic rings. The van der Waals surface area contributed by atoms with Crippen LogP contribution >= 0.6 is 0 Å². The Bertz CT molecular complexity index is 762. The number of nitrogens with zero attached hydrogens (tertiary/aromatic N) is 1. The third-order valence-corrected chi connectivity index (χ3v) is 3.69. The first-order chi connectivity index (χ1) is 11.1. The maximum absolute atomic E-state index is 5.84. The number of ether oxygens (including phenoxy) is 1. The molecule has 1 aromatic heterocycles. The van der Waals surface area contributed by atoms with E-state index in [0.717, 1.165) is 28.3 Å². The zero-order valence-electron chi connectivity index (χ0n) is 13.3. The molecule has 23 heavy (non-hydrogen) atoms. The SMILES string of the molecule is Cc1oc(-c2ccccc2)nc1COc1ccc([C@@H](C)N)cc1. The van der Waals surface area contributed by atoms with Gasteiger partial charge in [0.2, 0.25) is 5.89 Å². The molecule has 2 N–H and O–H groups in total. The molecule has 0 fully saturated rings. The van der Waals surface area contributed by atoms with E-state index in [-0.39, 0.29) is 6.04 Å². The summed E-state index contributed by atoms with van der Waals surface area (Å²) in [6.45, 7) is 4.23. The van der Waals surface area contributed by atoms with Gasteiger partial charge in [-0.25, -0.2) is 4.98 Å². The number of hydrogen-bond donors (Lipinski definition) is 1. The number of benzene rings is 2. The highest BCUT2D eigenvalue weighted by Crippen LogP contribution is 2.23. The topological polar surface area (TPSA) is 61.3 Å². The first-order valence-corrected chi connectivity index (χ1v) is 7.63. The van der Waals surface area contributed by atoms with Crippen molar-refractivity contribution in [1.29, 1.82) is 0 Å². The van der Waals surface area contributed by atoms with Crippen molar-refractivity contribution in [2.45, 2.75) is 26.5 Å². The summed E-state index contributed by atoms with van der Waals surface area (Å²) in [7, 11) is 0. The smallest absolute Gasteiger partial charge is 0.226 e. The van der Waals surface area contributed by atoms with Crippen molar-refractivity contribution in [3.63, 3.8) is 0 Å². The standard InChI is InChI=1S/C19H20N2O2/c1-13(20)15-8-10-17(11-9-15)22-12-18-14(2)23-19(21-18)16-6-4-3-5-7-16/h3-11,13H,12,20H2,1-2H3/t13-/m1/s1. The van der Waals surface area contributed by atoms with E-state index in [2.05, 4.69) is 4.98 Å². The highest BCUT2D eigenvalue weighted by atomic mass is 16.5. The van der Waals surface area contributed by atoms with Crippen LogP contribution in [-0.2, 0) is 6.61 Å². The molecule has 0 radical (unpaired) electrons. The normalized spacial score (nSPS) is 12.1. The molecule has 0 spiro atoms. The zero-order chi connectivity index (χ0) is 16.2. The summed E-state index contributed by atoms with van der Waals surface area (Å²) < 4.78 is 11.5. The second-order valence-electron chi connectivity index (χ2n) is 5.53. The van der Waals surface area contributed by atoms with Gasteiger partial charge in [-0.05, 0) is 43.7 Å². The number of rotatable bonds is 5. The Morgan fingerprint density at radius 3 is 2.43 bits per heavy atom. The lowest BCUT2D eigenvalue weighted by Crippen LogP contribution is -2.04. The van der Waals surface area contributed by atoms with Crippen LogP contribution in [0.1, 0.15) is 30.0 Å². The van der Waals surface area contributed by atoms with E-state index in [1.807, 2.05) is 68.4 Å². The minimum Gasteiger partial charge on any atom is -0.487 e. The van der Waals surface area contributed by atoms with Gasteiger partial charge in [-0.15, -0.1) is 0 Å². The first-order valence-electron chi connectivity index (χ1n) is 7.63. The highest BCUT2D eigenvalue weighted by molar-refractivity contribution is 5.53. The number of aryl methyl sites for hydroxylation is 1. The highest BCUT2D eigenvalue weighted by Gasteiger charge is 2.11. The van der Waals surface area contributed by atoms with Crippen molar-refractivity contribution in [2.75, 3.05) is 0 Å². The van der Waals surface area contributed by atoms with Gasteiger partial charge in [0.1, 0.15) is 23.8 Å². The molecule has 0 amide bonds. The van der Waals surface area contributed by atoms with Gasteiger partial charge < -0.3 is 14.9 Å². The van der Waals surface area contributed by atoms with Crippen LogP contribution < -0.4 is 10.5 Å². The van der Waals surface area contributed by atoms with E-state index in [1.54, 1.807) is 0 Å². The van der Waals surface area contributed by atoms with E-state index in [1.165, 1.54) is 0 Å². The van der Waals surface area contributed by atoms with Crippen LogP contribution in [0.2, 0.25) is 0 Å². The molecule has 1 atom stereocenters. The minimum absolute atomic E-state index is 0.0234. The van der Waals surface area contributed by atoms with Gasteiger partial charge in [0, 0.05) is 11.6 Å². The van der Waals surface area contributed by atoms with Gasteiger partial charge in [-0.2, -0.15) is 0 Å². The molecule has 3 rings (SSSR count). The fourth-order valence-corrected chi connectivity index (χ4v) is 2.29. The van der Waals surface area contributed by atoms with E-state index in [4.69, 9.17) is 14.9 Å². The number of nitrogens with two attached hydrogens (primary N) is 1. The summed E-state index contributed by atoms with van der Waals surface area (Å²) in [4.78, 5) is 4.53. The number of hydrogen-bond acceptors (Lipinski definition) is 4. The van der Waals surface area contributed by atoms with Crippen molar-refractivity contribution in [2.24, 2.45) is 5.73 Å². The van der Waals surface area contributed by atoms with Crippen LogP contribution in [0.5, 0.6) is 5.75 Å². The van der Waals surface area contributed by atoms with Crippen LogP contribution in [0, 0.1) is 6.92 Å². The van der Waals surface area contributed by atoms with Gasteiger partial charge in [0.25, 0.3) is 0 Å². The van der Waals surface area contributed by atoms with E-state index >= 15 is 0 Å². The molecule has 4 nitrogen and oxygen atoms in total. The summed E-state index contributed by atoms with van der Waals surface area (Å²) in [5, 5.41) is 0. The number of aromatic nitrogens is 1. The maximum atomic E-state index is 5.84. The van der Waals surface area contributed by atoms with Crippen LogP contribution in [-0.4, -0.2) is 4.98 Å². The lowest BCUT2D eigenvalue weighted by molar-refractivity contribution is 0.299. The van der Waals surface area contributed by atoms with Crippen molar-refractivity contribution in [3.05, 3.63) is 71.6 Å². The Morgan fingerprint density at radius 1 is 1.09 bits per heavy atom. The molecular formula is C19H20N2O2. The second-order valence-corrected chi connectivity index (χ2v) is 5.53. The third-order valence-electron chi connectivity index (χ3n) is 3.69. The largest absolute Gasteiger partial charge is 0.487 e. The van der Waals surface area contributed by atoms with E-state index < -0.39 is 0 Å². The monoisotopic (exact) mass is 308 g/mol. The summed E-state index contributed by atoms with van der Waals surface area (Å²) in [5.74, 6) is 2.18. The molecule has 0 aliphatic heterocycles. The molecule has 4 heteroatoms. The Balaban J connectivity index is 1.70. The van der Waals surface area contributed by atoms with Gasteiger partial charge in [-0.3, -0.25) is 0 Å². The molecule has 2 aromatic carbocycles.